The van der Waals surface area contributed by atoms with Crippen LogP contribution in [0.25, 0.3) is 11.0 Å². The van der Waals surface area contributed by atoms with Gasteiger partial charge in [-0.15, -0.1) is 0 Å². The van der Waals surface area contributed by atoms with Crippen molar-refractivity contribution < 1.29 is 9.55 Å². The van der Waals surface area contributed by atoms with Crippen LogP contribution in [-0.2, 0) is 0 Å². The second kappa shape index (κ2) is 5.27. The molecule has 0 amide bonds. The maximum absolute atomic E-state index is 11.4. The average molecular weight is 319 g/mol. The molecule has 8 heteroatoms. The van der Waals surface area contributed by atoms with Crippen molar-refractivity contribution in [3.05, 3.63) is 50.5 Å². The van der Waals surface area contributed by atoms with Crippen LogP contribution in [0.1, 0.15) is 11.1 Å². The number of halogens is 1. The van der Waals surface area contributed by atoms with Crippen LogP contribution >= 0.6 is 11.6 Å². The summed E-state index contributed by atoms with van der Waals surface area (Å²) < 4.78 is 4.57. The normalized spacial score (nSPS) is 10.9. The van der Waals surface area contributed by atoms with Gasteiger partial charge < -0.3 is 5.32 Å². The molecule has 112 valence electrons. The van der Waals surface area contributed by atoms with Crippen LogP contribution in [0.4, 0.5) is 17.1 Å². The van der Waals surface area contributed by atoms with Gasteiger partial charge in [0.05, 0.1) is 9.95 Å². The van der Waals surface area contributed by atoms with Crippen LogP contribution in [-0.4, -0.2) is 15.2 Å². The van der Waals surface area contributed by atoms with Crippen molar-refractivity contribution in [1.29, 1.82) is 0 Å². The van der Waals surface area contributed by atoms with Gasteiger partial charge in [-0.3, -0.25) is 10.1 Å². The van der Waals surface area contributed by atoms with E-state index in [-0.39, 0.29) is 27.4 Å². The Morgan fingerprint density at radius 1 is 1.23 bits per heavy atom. The number of aryl methyl sites for hydroxylation is 1. The molecule has 22 heavy (non-hydrogen) atoms. The smallest absolute Gasteiger partial charge is 0.324 e. The number of anilines is 2. The Morgan fingerprint density at radius 3 is 2.68 bits per heavy atom. The highest BCUT2D eigenvalue weighted by Gasteiger charge is 2.25. The second-order valence-corrected chi connectivity index (χ2v) is 5.25. The lowest BCUT2D eigenvalue weighted by molar-refractivity contribution is -0.382. The van der Waals surface area contributed by atoms with Crippen molar-refractivity contribution in [1.82, 2.24) is 10.3 Å². The van der Waals surface area contributed by atoms with Gasteiger partial charge in [0.25, 0.3) is 0 Å². The maximum Gasteiger partial charge on any atom is 0.324 e. The molecule has 1 aromatic heterocycles. The van der Waals surface area contributed by atoms with Crippen LogP contribution in [0, 0.1) is 24.0 Å². The fraction of sp³-hybridized carbons (Fsp3) is 0.143. The number of benzene rings is 2. The predicted octanol–water partition coefficient (Wildman–Crippen LogP) is 4.14. The van der Waals surface area contributed by atoms with Crippen LogP contribution in [0.3, 0.4) is 0 Å². The Kier molecular flexibility index (Phi) is 3.42. The van der Waals surface area contributed by atoms with Gasteiger partial charge in [-0.25, -0.2) is 4.63 Å². The molecule has 0 fully saturated rings. The van der Waals surface area contributed by atoms with Gasteiger partial charge >= 0.3 is 5.69 Å². The molecule has 3 rings (SSSR count). The molecular formula is C14H11ClN4O3. The van der Waals surface area contributed by atoms with Crippen LogP contribution < -0.4 is 5.32 Å². The third kappa shape index (κ3) is 2.25. The summed E-state index contributed by atoms with van der Waals surface area (Å²) in [6.45, 7) is 3.90. The summed E-state index contributed by atoms with van der Waals surface area (Å²) in [5, 5.41) is 21.9. The van der Waals surface area contributed by atoms with E-state index in [2.05, 4.69) is 20.3 Å². The lowest BCUT2D eigenvalue weighted by Crippen LogP contribution is -2.00. The van der Waals surface area contributed by atoms with E-state index in [1.807, 2.05) is 32.0 Å². The number of aromatic nitrogens is 2. The Morgan fingerprint density at radius 2 is 1.95 bits per heavy atom. The molecule has 0 atom stereocenters. The van der Waals surface area contributed by atoms with E-state index in [1.54, 1.807) is 0 Å². The van der Waals surface area contributed by atoms with Crippen LogP contribution in [0.5, 0.6) is 0 Å². The van der Waals surface area contributed by atoms with Gasteiger partial charge in [-0.2, -0.15) is 0 Å². The summed E-state index contributed by atoms with van der Waals surface area (Å²) in [6, 6.07) is 7.13. The SMILES string of the molecule is Cc1cccc(Nc2cc(Cl)c3nonc3c2[N+](=O)[O-])c1C. The molecule has 2 aromatic carbocycles. The van der Waals surface area contributed by atoms with E-state index in [4.69, 9.17) is 11.6 Å². The number of rotatable bonds is 3. The van der Waals surface area contributed by atoms with Crippen molar-refractivity contribution in [3.8, 4) is 0 Å². The van der Waals surface area contributed by atoms with E-state index in [1.165, 1.54) is 6.07 Å². The quantitative estimate of drug-likeness (QED) is 0.576. The average Bonchev–Trinajstić information content (AvgIpc) is 2.93. The van der Waals surface area contributed by atoms with Crippen molar-refractivity contribution in [3.63, 3.8) is 0 Å². The molecule has 0 aliphatic rings. The number of nitrogens with one attached hydrogen (secondary N) is 1. The molecule has 0 aliphatic carbocycles. The van der Waals surface area contributed by atoms with E-state index in [0.717, 1.165) is 16.8 Å². The topological polar surface area (TPSA) is 94.1 Å². The molecule has 0 radical (unpaired) electrons. The first kappa shape index (κ1) is 14.3. The fourth-order valence-corrected chi connectivity index (χ4v) is 2.44. The molecule has 0 saturated carbocycles. The molecule has 7 nitrogen and oxygen atoms in total. The Hall–Kier alpha value is -2.67. The molecule has 1 heterocycles. The molecule has 3 aromatic rings. The second-order valence-electron chi connectivity index (χ2n) is 4.85. The first-order chi connectivity index (χ1) is 10.5. The Balaban J connectivity index is 2.20. The van der Waals surface area contributed by atoms with Crippen LogP contribution in [0.2, 0.25) is 5.02 Å². The Labute approximate surface area is 130 Å². The number of hydrogen-bond donors (Lipinski definition) is 1. The maximum atomic E-state index is 11.4. The molecule has 0 bridgehead atoms. The van der Waals surface area contributed by atoms with Gasteiger partial charge in [0, 0.05) is 5.69 Å². The summed E-state index contributed by atoms with van der Waals surface area (Å²) in [7, 11) is 0. The van der Waals surface area contributed by atoms with Crippen molar-refractivity contribution in [2.24, 2.45) is 0 Å². The number of hydrogen-bond acceptors (Lipinski definition) is 6. The zero-order chi connectivity index (χ0) is 15.9. The molecule has 0 spiro atoms. The highest BCUT2D eigenvalue weighted by atomic mass is 35.5. The fourth-order valence-electron chi connectivity index (χ4n) is 2.20. The van der Waals surface area contributed by atoms with Crippen LogP contribution in [0.15, 0.2) is 28.9 Å². The van der Waals surface area contributed by atoms with Gasteiger partial charge in [0.15, 0.2) is 5.52 Å². The molecule has 0 unspecified atom stereocenters. The summed E-state index contributed by atoms with van der Waals surface area (Å²) >= 11 is 6.09. The summed E-state index contributed by atoms with van der Waals surface area (Å²) in [4.78, 5) is 10.9. The van der Waals surface area contributed by atoms with E-state index in [0.29, 0.717) is 0 Å². The third-order valence-electron chi connectivity index (χ3n) is 3.52. The predicted molar refractivity (Wildman–Crippen MR) is 82.7 cm³/mol. The van der Waals surface area contributed by atoms with Crippen molar-refractivity contribution in [2.45, 2.75) is 13.8 Å². The molecule has 1 N–H and O–H groups in total. The van der Waals surface area contributed by atoms with E-state index in [9.17, 15) is 10.1 Å². The highest BCUT2D eigenvalue weighted by Crippen LogP contribution is 2.38. The van der Waals surface area contributed by atoms with Crippen molar-refractivity contribution >= 4 is 39.7 Å². The van der Waals surface area contributed by atoms with Gasteiger partial charge in [0.2, 0.25) is 5.52 Å². The van der Waals surface area contributed by atoms with E-state index < -0.39 is 4.92 Å². The minimum Gasteiger partial charge on any atom is -0.350 e. The highest BCUT2D eigenvalue weighted by molar-refractivity contribution is 6.35. The molecule has 0 saturated heterocycles. The number of fused-ring (bicyclic) bond motifs is 1. The van der Waals surface area contributed by atoms with Gasteiger partial charge in [0.1, 0.15) is 5.69 Å². The minimum absolute atomic E-state index is 0.0188. The first-order valence-electron chi connectivity index (χ1n) is 6.41. The zero-order valence-electron chi connectivity index (χ0n) is 11.8. The summed E-state index contributed by atoms with van der Waals surface area (Å²) in [5.41, 5.74) is 3.03. The monoisotopic (exact) mass is 318 g/mol. The molecule has 0 aliphatic heterocycles. The third-order valence-corrected chi connectivity index (χ3v) is 3.81. The lowest BCUT2D eigenvalue weighted by atomic mass is 10.1. The molecular weight excluding hydrogens is 308 g/mol. The first-order valence-corrected chi connectivity index (χ1v) is 6.79. The van der Waals surface area contributed by atoms with Crippen molar-refractivity contribution in [2.75, 3.05) is 5.32 Å². The van der Waals surface area contributed by atoms with Gasteiger partial charge in [-0.1, -0.05) is 23.7 Å². The number of nitrogens with zero attached hydrogens (tertiary/aromatic N) is 3. The minimum atomic E-state index is -0.531. The number of nitro groups is 1. The standard InChI is InChI=1S/C14H11ClN4O3/c1-7-4-3-5-10(8(7)2)16-11-6-9(15)12-13(18-22-17-12)14(11)19(20)21/h3-6,16H,1-2H3. The van der Waals surface area contributed by atoms with E-state index >= 15 is 0 Å². The van der Waals surface area contributed by atoms with Gasteiger partial charge in [-0.05, 0) is 47.4 Å². The largest absolute Gasteiger partial charge is 0.350 e. The Bertz CT molecular complexity index is 891. The zero-order valence-corrected chi connectivity index (χ0v) is 12.5. The summed E-state index contributed by atoms with van der Waals surface area (Å²) in [6.07, 6.45) is 0. The number of nitro benzene ring substituents is 1. The summed E-state index contributed by atoms with van der Waals surface area (Å²) in [5.74, 6) is 0. The lowest BCUT2D eigenvalue weighted by Gasteiger charge is -2.12.